The average molecular weight is 298 g/mol. The maximum Gasteiger partial charge on any atom is 0.389 e. The molecule has 1 aromatic heterocycles. The number of nitrogen functional groups attached to an aromatic ring is 1. The van der Waals surface area contributed by atoms with E-state index in [1.165, 1.54) is 18.3 Å². The van der Waals surface area contributed by atoms with Crippen molar-refractivity contribution in [2.45, 2.75) is 24.0 Å². The van der Waals surface area contributed by atoms with Gasteiger partial charge in [0.2, 0.25) is 0 Å². The minimum Gasteiger partial charge on any atom is -0.321 e. The van der Waals surface area contributed by atoms with Gasteiger partial charge in [0, 0.05) is 19.2 Å². The minimum absolute atomic E-state index is 0.0609. The van der Waals surface area contributed by atoms with Crippen LogP contribution in [0.5, 0.6) is 0 Å². The molecule has 0 spiro atoms. The zero-order valence-electron chi connectivity index (χ0n) is 9.74. The van der Waals surface area contributed by atoms with Crippen LogP contribution in [0, 0.1) is 0 Å². The second kappa shape index (κ2) is 6.17. The summed E-state index contributed by atoms with van der Waals surface area (Å²) in [5, 5.41) is -0.357. The molecule has 0 saturated heterocycles. The largest absolute Gasteiger partial charge is 0.389 e. The number of hydrogen-bond acceptors (Lipinski definition) is 5. The summed E-state index contributed by atoms with van der Waals surface area (Å²) in [6, 6.07) is 2.86. The molecule has 0 saturated carbocycles. The van der Waals surface area contributed by atoms with E-state index >= 15 is 0 Å². The molecule has 0 fully saturated rings. The van der Waals surface area contributed by atoms with Crippen molar-refractivity contribution in [1.29, 1.82) is 0 Å². The highest BCUT2D eigenvalue weighted by molar-refractivity contribution is 7.89. The van der Waals surface area contributed by atoms with Crippen molar-refractivity contribution in [2.24, 2.45) is 5.84 Å². The molecule has 0 atom stereocenters. The Labute approximate surface area is 108 Å². The van der Waals surface area contributed by atoms with E-state index in [0.29, 0.717) is 0 Å². The van der Waals surface area contributed by atoms with Crippen LogP contribution in [0.25, 0.3) is 0 Å². The van der Waals surface area contributed by atoms with Crippen molar-refractivity contribution in [2.75, 3.05) is 12.0 Å². The molecule has 0 amide bonds. The zero-order chi connectivity index (χ0) is 14.5. The van der Waals surface area contributed by atoms with Gasteiger partial charge in [-0.1, -0.05) is 0 Å². The Morgan fingerprint density at radius 1 is 1.37 bits per heavy atom. The van der Waals surface area contributed by atoms with Crippen LogP contribution in [-0.4, -0.2) is 26.1 Å². The second-order valence-electron chi connectivity index (χ2n) is 3.62. The molecule has 108 valence electrons. The van der Waals surface area contributed by atoms with Gasteiger partial charge in [0.05, 0.1) is 5.69 Å². The number of nitrogens with zero attached hydrogens (tertiary/aromatic N) is 1. The van der Waals surface area contributed by atoms with Gasteiger partial charge in [-0.25, -0.2) is 18.1 Å². The number of nitrogens with two attached hydrogens (primary N) is 1. The lowest BCUT2D eigenvalue weighted by molar-refractivity contribution is -0.135. The van der Waals surface area contributed by atoms with Crippen molar-refractivity contribution in [3.63, 3.8) is 0 Å². The zero-order valence-corrected chi connectivity index (χ0v) is 10.6. The number of hydrazine groups is 1. The number of hydrogen-bond donors (Lipinski definition) is 3. The third kappa shape index (κ3) is 5.01. The molecule has 6 nitrogen and oxygen atoms in total. The third-order valence-electron chi connectivity index (χ3n) is 2.11. The number of halogens is 3. The summed E-state index contributed by atoms with van der Waals surface area (Å²) in [6.07, 6.45) is -4.47. The van der Waals surface area contributed by atoms with Crippen LogP contribution in [0.15, 0.2) is 23.4 Å². The van der Waals surface area contributed by atoms with E-state index in [0.717, 1.165) is 0 Å². The summed E-state index contributed by atoms with van der Waals surface area (Å²) in [5.41, 5.74) is 2.22. The number of sulfonamides is 1. The minimum atomic E-state index is -4.31. The molecule has 0 radical (unpaired) electrons. The highest BCUT2D eigenvalue weighted by Gasteiger charge is 2.26. The summed E-state index contributed by atoms with van der Waals surface area (Å²) in [7, 11) is -3.99. The number of aromatic nitrogens is 1. The highest BCUT2D eigenvalue weighted by Crippen LogP contribution is 2.21. The fourth-order valence-electron chi connectivity index (χ4n) is 1.28. The van der Waals surface area contributed by atoms with Crippen molar-refractivity contribution in [3.05, 3.63) is 18.3 Å². The Morgan fingerprint density at radius 2 is 2.05 bits per heavy atom. The quantitative estimate of drug-likeness (QED) is 0.413. The molecule has 0 aliphatic heterocycles. The van der Waals surface area contributed by atoms with Gasteiger partial charge in [-0.2, -0.15) is 13.2 Å². The van der Waals surface area contributed by atoms with Gasteiger partial charge in [0.25, 0.3) is 10.0 Å². The lowest BCUT2D eigenvalue weighted by Gasteiger charge is -2.10. The van der Waals surface area contributed by atoms with Gasteiger partial charge >= 0.3 is 6.18 Å². The summed E-state index contributed by atoms with van der Waals surface area (Å²) < 4.78 is 61.3. The normalized spacial score (nSPS) is 12.4. The van der Waals surface area contributed by atoms with Crippen molar-refractivity contribution < 1.29 is 21.6 Å². The van der Waals surface area contributed by atoms with Crippen LogP contribution in [0.2, 0.25) is 0 Å². The first kappa shape index (κ1) is 15.7. The monoisotopic (exact) mass is 298 g/mol. The van der Waals surface area contributed by atoms with Crippen LogP contribution in [0.3, 0.4) is 0 Å². The Balaban J connectivity index is 2.66. The van der Waals surface area contributed by atoms with Crippen LogP contribution in [0.1, 0.15) is 12.8 Å². The summed E-state index contributed by atoms with van der Waals surface area (Å²) in [6.45, 7) is -0.331. The van der Waals surface area contributed by atoms with Crippen molar-refractivity contribution in [1.82, 2.24) is 9.71 Å². The lowest BCUT2D eigenvalue weighted by atomic mass is 10.3. The molecule has 0 aromatic carbocycles. The number of rotatable bonds is 6. The van der Waals surface area contributed by atoms with Crippen LogP contribution < -0.4 is 16.0 Å². The van der Waals surface area contributed by atoms with Crippen LogP contribution in [0.4, 0.5) is 18.9 Å². The number of nitrogens with one attached hydrogen (secondary N) is 2. The average Bonchev–Trinajstić information content (AvgIpc) is 2.33. The fraction of sp³-hybridized carbons (Fsp3) is 0.444. The second-order valence-corrected chi connectivity index (χ2v) is 5.30. The van der Waals surface area contributed by atoms with E-state index in [9.17, 15) is 21.6 Å². The summed E-state index contributed by atoms with van der Waals surface area (Å²) in [5.74, 6) is 5.13. The third-order valence-corrected chi connectivity index (χ3v) is 3.53. The molecule has 0 unspecified atom stereocenters. The maximum absolute atomic E-state index is 11.9. The van der Waals surface area contributed by atoms with E-state index < -0.39 is 22.6 Å². The van der Waals surface area contributed by atoms with E-state index in [-0.39, 0.29) is 23.7 Å². The van der Waals surface area contributed by atoms with Gasteiger partial charge in [-0.05, 0) is 18.6 Å². The van der Waals surface area contributed by atoms with Crippen molar-refractivity contribution in [3.8, 4) is 0 Å². The Bertz CT molecular complexity index is 518. The predicted octanol–water partition coefficient (Wildman–Crippen LogP) is 0.988. The Kier molecular flexibility index (Phi) is 5.09. The van der Waals surface area contributed by atoms with Gasteiger partial charge in [0.15, 0.2) is 5.03 Å². The molecule has 10 heteroatoms. The van der Waals surface area contributed by atoms with Gasteiger partial charge < -0.3 is 5.43 Å². The van der Waals surface area contributed by atoms with E-state index in [1.807, 2.05) is 4.72 Å². The van der Waals surface area contributed by atoms with Gasteiger partial charge in [-0.15, -0.1) is 0 Å². The van der Waals surface area contributed by atoms with Gasteiger partial charge in [-0.3, -0.25) is 5.84 Å². The predicted molar refractivity (Wildman–Crippen MR) is 62.5 cm³/mol. The summed E-state index contributed by atoms with van der Waals surface area (Å²) in [4.78, 5) is 3.63. The smallest absolute Gasteiger partial charge is 0.321 e. The number of pyridine rings is 1. The molecular weight excluding hydrogens is 285 g/mol. The fourth-order valence-corrected chi connectivity index (χ4v) is 2.44. The molecule has 19 heavy (non-hydrogen) atoms. The first-order valence-corrected chi connectivity index (χ1v) is 6.72. The molecular formula is C9H13F3N4O2S. The van der Waals surface area contributed by atoms with E-state index in [1.54, 1.807) is 0 Å². The maximum atomic E-state index is 11.9. The number of anilines is 1. The molecule has 0 aliphatic rings. The first-order chi connectivity index (χ1) is 8.76. The molecule has 1 heterocycles. The van der Waals surface area contributed by atoms with Gasteiger partial charge in [0.1, 0.15) is 0 Å². The van der Waals surface area contributed by atoms with E-state index in [2.05, 4.69) is 10.4 Å². The lowest BCUT2D eigenvalue weighted by Crippen LogP contribution is -2.28. The molecule has 0 aliphatic carbocycles. The Morgan fingerprint density at radius 3 is 2.63 bits per heavy atom. The van der Waals surface area contributed by atoms with Crippen LogP contribution in [-0.2, 0) is 10.0 Å². The van der Waals surface area contributed by atoms with E-state index in [4.69, 9.17) is 5.84 Å². The molecule has 1 aromatic rings. The SMILES string of the molecule is NNc1cccnc1S(=O)(=O)NCCCC(F)(F)F. The molecule has 4 N–H and O–H groups in total. The number of alkyl halides is 3. The summed E-state index contributed by atoms with van der Waals surface area (Å²) >= 11 is 0. The Hall–Kier alpha value is -1.39. The van der Waals surface area contributed by atoms with Crippen molar-refractivity contribution >= 4 is 15.7 Å². The molecule has 1 rings (SSSR count). The van der Waals surface area contributed by atoms with Crippen LogP contribution >= 0.6 is 0 Å². The standard InChI is InChI=1S/C9H13F3N4O2S/c10-9(11,12)4-2-6-15-19(17,18)8-7(16-13)3-1-5-14-8/h1,3,5,15-16H,2,4,6,13H2. The highest BCUT2D eigenvalue weighted by atomic mass is 32.2. The topological polar surface area (TPSA) is 97.1 Å². The molecule has 0 bridgehead atoms. The first-order valence-electron chi connectivity index (χ1n) is 5.24.